The molecule has 0 unspecified atom stereocenters. The lowest BCUT2D eigenvalue weighted by molar-refractivity contribution is -0.475. The third kappa shape index (κ3) is 5.94. The van der Waals surface area contributed by atoms with E-state index in [9.17, 15) is 92.2 Å². The quantitative estimate of drug-likeness (QED) is 0.183. The molecule has 2 rings (SSSR count). The number of alkyl halides is 21. The second kappa shape index (κ2) is 12.2. The predicted molar refractivity (Wildman–Crippen MR) is 118 cm³/mol. The van der Waals surface area contributed by atoms with Gasteiger partial charge in [-0.25, -0.2) is 0 Å². The zero-order valence-corrected chi connectivity index (χ0v) is 23.1. The first-order valence-corrected chi connectivity index (χ1v) is 13.0. The van der Waals surface area contributed by atoms with Gasteiger partial charge in [-0.1, -0.05) is 19.1 Å². The van der Waals surface area contributed by atoms with Gasteiger partial charge in [0, 0.05) is 5.92 Å². The Bertz CT molecular complexity index is 1210. The van der Waals surface area contributed by atoms with E-state index in [1.54, 1.807) is 6.92 Å². The minimum Gasteiger partial charge on any atom is -0.494 e. The van der Waals surface area contributed by atoms with Crippen molar-refractivity contribution in [1.82, 2.24) is 0 Å². The van der Waals surface area contributed by atoms with E-state index in [4.69, 9.17) is 4.74 Å². The van der Waals surface area contributed by atoms with E-state index in [0.717, 1.165) is 0 Å². The number of hydrogen-bond donors (Lipinski definition) is 0. The lowest BCUT2D eigenvalue weighted by Gasteiger charge is -2.46. The van der Waals surface area contributed by atoms with Crippen molar-refractivity contribution in [1.29, 1.82) is 0 Å². The summed E-state index contributed by atoms with van der Waals surface area (Å²) in [5.74, 6) is -80.1. The Kier molecular flexibility index (Phi) is 10.5. The standard InChI is InChI=1S/C25H21F21O/c1-2-11-47-15-9-5-13(6-10-15)12-3-7-14(8-4-12)16(26,27)17(28,29)18(30,31)19(32,33)20(34,35)21(36,37)22(38,39)23(40,41)24(42,43)25(44,45)46/h5-6,9-10,12,14H,2-4,7-8,11H2,1H3/t12-,14-. The molecule has 0 N–H and O–H groups in total. The van der Waals surface area contributed by atoms with E-state index >= 15 is 0 Å². The van der Waals surface area contributed by atoms with Crippen molar-refractivity contribution < 1.29 is 96.9 Å². The lowest BCUT2D eigenvalue weighted by atomic mass is 9.73. The summed E-state index contributed by atoms with van der Waals surface area (Å²) in [6.45, 7) is 2.07. The van der Waals surface area contributed by atoms with E-state index in [-0.39, 0.29) is 0 Å². The molecule has 1 aromatic carbocycles. The van der Waals surface area contributed by atoms with Gasteiger partial charge in [0.05, 0.1) is 6.61 Å². The molecule has 274 valence electrons. The van der Waals surface area contributed by atoms with E-state index in [1.807, 2.05) is 0 Å². The number of hydrogen-bond acceptors (Lipinski definition) is 1. The van der Waals surface area contributed by atoms with E-state index < -0.39 is 97.0 Å². The number of rotatable bonds is 13. The van der Waals surface area contributed by atoms with Gasteiger partial charge in [0.1, 0.15) is 5.75 Å². The summed E-state index contributed by atoms with van der Waals surface area (Å²) in [5.41, 5.74) is 0.356. The Morgan fingerprint density at radius 3 is 1.17 bits per heavy atom. The molecular weight excluding hydrogens is 715 g/mol. The van der Waals surface area contributed by atoms with E-state index in [2.05, 4.69) is 0 Å². The molecule has 0 radical (unpaired) electrons. The van der Waals surface area contributed by atoms with Crippen LogP contribution in [0.5, 0.6) is 5.75 Å². The molecule has 1 aliphatic carbocycles. The van der Waals surface area contributed by atoms with Gasteiger partial charge in [0.2, 0.25) is 0 Å². The topological polar surface area (TPSA) is 9.23 Å². The van der Waals surface area contributed by atoms with Crippen LogP contribution in [0.3, 0.4) is 0 Å². The van der Waals surface area contributed by atoms with Crippen LogP contribution >= 0.6 is 0 Å². The molecule has 0 bridgehead atoms. The van der Waals surface area contributed by atoms with Crippen molar-refractivity contribution in [2.75, 3.05) is 6.61 Å². The van der Waals surface area contributed by atoms with Crippen molar-refractivity contribution in [2.45, 2.75) is 104 Å². The van der Waals surface area contributed by atoms with Crippen molar-refractivity contribution in [2.24, 2.45) is 5.92 Å². The molecule has 1 fully saturated rings. The molecule has 22 heteroatoms. The van der Waals surface area contributed by atoms with Crippen LogP contribution in [-0.4, -0.2) is 66.1 Å². The maximum absolute atomic E-state index is 14.7. The molecule has 0 amide bonds. The number of halogens is 21. The highest BCUT2D eigenvalue weighted by Crippen LogP contribution is 2.67. The Hall–Kier alpha value is -2.45. The first-order chi connectivity index (χ1) is 20.8. The summed E-state index contributed by atoms with van der Waals surface area (Å²) in [6.07, 6.45) is -11.0. The molecule has 0 heterocycles. The van der Waals surface area contributed by atoms with Gasteiger partial charge in [-0.05, 0) is 55.7 Å². The fraction of sp³-hybridized carbons (Fsp3) is 0.760. The molecule has 1 aliphatic rings. The average Bonchev–Trinajstić information content (AvgIpc) is 2.94. The number of ether oxygens (including phenoxy) is 1. The normalized spacial score (nSPS) is 20.4. The second-order valence-electron chi connectivity index (χ2n) is 10.7. The summed E-state index contributed by atoms with van der Waals surface area (Å²) in [4.78, 5) is 0. The maximum atomic E-state index is 14.7. The average molecular weight is 736 g/mol. The van der Waals surface area contributed by atoms with Crippen LogP contribution < -0.4 is 4.74 Å². The Morgan fingerprint density at radius 2 is 0.830 bits per heavy atom. The molecule has 0 aliphatic heterocycles. The van der Waals surface area contributed by atoms with E-state index in [1.165, 1.54) is 24.3 Å². The van der Waals surface area contributed by atoms with E-state index in [0.29, 0.717) is 24.3 Å². The Labute approximate surface area is 250 Å². The number of benzene rings is 1. The predicted octanol–water partition coefficient (Wildman–Crippen LogP) is 11.0. The first kappa shape index (κ1) is 40.7. The zero-order chi connectivity index (χ0) is 37.1. The fourth-order valence-electron chi connectivity index (χ4n) is 4.67. The lowest BCUT2D eigenvalue weighted by Crippen LogP contribution is -2.77. The second-order valence-corrected chi connectivity index (χ2v) is 10.7. The van der Waals surface area contributed by atoms with Crippen molar-refractivity contribution in [3.05, 3.63) is 29.8 Å². The van der Waals surface area contributed by atoms with Gasteiger partial charge in [0.25, 0.3) is 0 Å². The summed E-state index contributed by atoms with van der Waals surface area (Å²) in [5, 5.41) is 0. The Morgan fingerprint density at radius 1 is 0.489 bits per heavy atom. The van der Waals surface area contributed by atoms with Crippen LogP contribution in [0.2, 0.25) is 0 Å². The van der Waals surface area contributed by atoms with Crippen LogP contribution in [0.4, 0.5) is 92.2 Å². The monoisotopic (exact) mass is 736 g/mol. The minimum atomic E-state index is -9.16. The summed E-state index contributed by atoms with van der Waals surface area (Å²) < 4.78 is 292. The zero-order valence-electron chi connectivity index (χ0n) is 23.1. The van der Waals surface area contributed by atoms with Crippen LogP contribution in [0.15, 0.2) is 24.3 Å². The molecule has 0 spiro atoms. The highest BCUT2D eigenvalue weighted by atomic mass is 19.4. The third-order valence-electron chi connectivity index (χ3n) is 7.60. The highest BCUT2D eigenvalue weighted by Gasteiger charge is 2.98. The highest BCUT2D eigenvalue weighted by molar-refractivity contribution is 5.30. The van der Waals surface area contributed by atoms with Crippen molar-refractivity contribution in [3.8, 4) is 5.75 Å². The SMILES string of the molecule is CCCOc1ccc([C@H]2CC[C@H](C(F)(F)C(F)(F)C(F)(F)C(F)(F)C(F)(F)C(F)(F)C(F)(F)C(F)(F)C(F)(F)C(F)(F)F)CC2)cc1. The molecule has 0 aromatic heterocycles. The summed E-state index contributed by atoms with van der Waals surface area (Å²) in [6, 6.07) is 5.59. The van der Waals surface area contributed by atoms with Gasteiger partial charge in [0.15, 0.2) is 0 Å². The van der Waals surface area contributed by atoms with Gasteiger partial charge >= 0.3 is 59.5 Å². The maximum Gasteiger partial charge on any atom is 0.460 e. The molecule has 0 atom stereocenters. The van der Waals surface area contributed by atoms with Crippen LogP contribution in [0.1, 0.15) is 50.5 Å². The smallest absolute Gasteiger partial charge is 0.460 e. The molecule has 0 saturated heterocycles. The fourth-order valence-corrected chi connectivity index (χ4v) is 4.67. The van der Waals surface area contributed by atoms with Crippen molar-refractivity contribution >= 4 is 0 Å². The minimum absolute atomic E-state index is 0.296. The third-order valence-corrected chi connectivity index (χ3v) is 7.60. The first-order valence-electron chi connectivity index (χ1n) is 13.0. The van der Waals surface area contributed by atoms with Gasteiger partial charge in [-0.2, -0.15) is 92.2 Å². The Balaban J connectivity index is 2.43. The largest absolute Gasteiger partial charge is 0.494 e. The van der Waals surface area contributed by atoms with Crippen LogP contribution in [0, 0.1) is 5.92 Å². The van der Waals surface area contributed by atoms with Gasteiger partial charge in [-0.15, -0.1) is 0 Å². The molecule has 47 heavy (non-hydrogen) atoms. The summed E-state index contributed by atoms with van der Waals surface area (Å²) in [7, 11) is 0. The van der Waals surface area contributed by atoms with Gasteiger partial charge in [-0.3, -0.25) is 0 Å². The van der Waals surface area contributed by atoms with Gasteiger partial charge < -0.3 is 4.74 Å². The summed E-state index contributed by atoms with van der Waals surface area (Å²) >= 11 is 0. The van der Waals surface area contributed by atoms with Crippen LogP contribution in [-0.2, 0) is 0 Å². The molecule has 1 nitrogen and oxygen atoms in total. The molecule has 1 saturated carbocycles. The van der Waals surface area contributed by atoms with Crippen LogP contribution in [0.25, 0.3) is 0 Å². The molecule has 1 aromatic rings. The molecular formula is C25H21F21O. The van der Waals surface area contributed by atoms with Crippen molar-refractivity contribution in [3.63, 3.8) is 0 Å².